The number of halogens is 5. The van der Waals surface area contributed by atoms with Gasteiger partial charge in [0, 0.05) is 5.39 Å². The molecular formula is C22H17F5O3. The van der Waals surface area contributed by atoms with E-state index in [-0.39, 0.29) is 22.1 Å². The molecule has 0 aliphatic carbocycles. The van der Waals surface area contributed by atoms with Gasteiger partial charge in [-0.1, -0.05) is 25.5 Å². The van der Waals surface area contributed by atoms with Gasteiger partial charge in [0.15, 0.2) is 11.6 Å². The number of ether oxygens (including phenoxy) is 2. The SMILES string of the molecule is CCCCc1ccc(C(=O)Oc2ccc3c(F)c(OC(F)(F)F)ccc3c2)c(F)c1. The van der Waals surface area contributed by atoms with Crippen LogP contribution in [0.1, 0.15) is 35.7 Å². The summed E-state index contributed by atoms with van der Waals surface area (Å²) in [6.45, 7) is 2.02. The Balaban J connectivity index is 1.80. The first kappa shape index (κ1) is 21.5. The van der Waals surface area contributed by atoms with E-state index in [0.717, 1.165) is 30.5 Å². The standard InChI is InChI=1S/C22H17F5O3/c1-2-3-4-13-5-8-17(18(23)11-13)21(28)29-15-7-9-16-14(12-15)6-10-19(20(16)24)30-22(25,26)27/h5-12H,2-4H2,1H3. The monoisotopic (exact) mass is 424 g/mol. The Hall–Kier alpha value is -3.16. The van der Waals surface area contributed by atoms with Crippen LogP contribution in [0.25, 0.3) is 10.8 Å². The lowest BCUT2D eigenvalue weighted by Gasteiger charge is -2.12. The maximum Gasteiger partial charge on any atom is 0.573 e. The van der Waals surface area contributed by atoms with E-state index < -0.39 is 29.7 Å². The van der Waals surface area contributed by atoms with Crippen LogP contribution in [0.3, 0.4) is 0 Å². The van der Waals surface area contributed by atoms with Crippen LogP contribution in [0.2, 0.25) is 0 Å². The van der Waals surface area contributed by atoms with Crippen LogP contribution in [-0.2, 0) is 6.42 Å². The number of fused-ring (bicyclic) bond motifs is 1. The Labute approximate surface area is 169 Å². The lowest BCUT2D eigenvalue weighted by molar-refractivity contribution is -0.275. The maximum absolute atomic E-state index is 14.3. The summed E-state index contributed by atoms with van der Waals surface area (Å²) < 4.78 is 74.3. The number of hydrogen-bond acceptors (Lipinski definition) is 3. The third kappa shape index (κ3) is 5.06. The average molecular weight is 424 g/mol. The zero-order valence-electron chi connectivity index (χ0n) is 15.9. The van der Waals surface area contributed by atoms with Crippen molar-refractivity contribution in [2.24, 2.45) is 0 Å². The van der Waals surface area contributed by atoms with Crippen molar-refractivity contribution in [3.63, 3.8) is 0 Å². The van der Waals surface area contributed by atoms with Crippen molar-refractivity contribution in [3.8, 4) is 11.5 Å². The number of unbranched alkanes of at least 4 members (excludes halogenated alkanes) is 1. The molecule has 0 radical (unpaired) electrons. The first-order valence-electron chi connectivity index (χ1n) is 9.16. The Kier molecular flexibility index (Phi) is 6.24. The second-order valence-corrected chi connectivity index (χ2v) is 6.62. The molecule has 0 fully saturated rings. The van der Waals surface area contributed by atoms with Gasteiger partial charge < -0.3 is 9.47 Å². The molecule has 0 aliphatic rings. The van der Waals surface area contributed by atoms with Crippen molar-refractivity contribution in [2.75, 3.05) is 0 Å². The number of rotatable bonds is 6. The Bertz CT molecular complexity index is 1080. The Morgan fingerprint density at radius 2 is 1.77 bits per heavy atom. The minimum atomic E-state index is -5.03. The summed E-state index contributed by atoms with van der Waals surface area (Å²) in [5.41, 5.74) is 0.513. The van der Waals surface area contributed by atoms with Gasteiger partial charge in [0.25, 0.3) is 0 Å². The largest absolute Gasteiger partial charge is 0.573 e. The summed E-state index contributed by atoms with van der Waals surface area (Å²) in [6, 6.07) is 9.91. The molecular weight excluding hydrogens is 407 g/mol. The number of alkyl halides is 3. The molecule has 0 atom stereocenters. The van der Waals surface area contributed by atoms with Crippen LogP contribution in [0, 0.1) is 11.6 Å². The van der Waals surface area contributed by atoms with Gasteiger partial charge in [-0.05, 0) is 60.2 Å². The highest BCUT2D eigenvalue weighted by Crippen LogP contribution is 2.32. The smallest absolute Gasteiger partial charge is 0.423 e. The van der Waals surface area contributed by atoms with Gasteiger partial charge >= 0.3 is 12.3 Å². The van der Waals surface area contributed by atoms with Gasteiger partial charge in [0.2, 0.25) is 0 Å². The number of hydrogen-bond donors (Lipinski definition) is 0. The molecule has 0 unspecified atom stereocenters. The predicted molar refractivity (Wildman–Crippen MR) is 101 cm³/mol. The van der Waals surface area contributed by atoms with E-state index in [9.17, 15) is 26.7 Å². The second-order valence-electron chi connectivity index (χ2n) is 6.62. The summed E-state index contributed by atoms with van der Waals surface area (Å²) in [5, 5.41) is 0.0331. The Morgan fingerprint density at radius 3 is 2.43 bits per heavy atom. The first-order valence-corrected chi connectivity index (χ1v) is 9.16. The third-order valence-corrected chi connectivity index (χ3v) is 4.40. The summed E-state index contributed by atoms with van der Waals surface area (Å²) in [7, 11) is 0. The van der Waals surface area contributed by atoms with Gasteiger partial charge in [-0.2, -0.15) is 0 Å². The fourth-order valence-electron chi connectivity index (χ4n) is 2.94. The average Bonchev–Trinajstić information content (AvgIpc) is 2.67. The zero-order valence-corrected chi connectivity index (χ0v) is 15.9. The van der Waals surface area contributed by atoms with Crippen molar-refractivity contribution in [1.82, 2.24) is 0 Å². The van der Waals surface area contributed by atoms with Crippen LogP contribution < -0.4 is 9.47 Å². The van der Waals surface area contributed by atoms with E-state index in [1.165, 1.54) is 30.3 Å². The molecule has 0 aliphatic heterocycles. The zero-order chi connectivity index (χ0) is 21.9. The minimum absolute atomic E-state index is 0.00847. The molecule has 8 heteroatoms. The molecule has 0 bridgehead atoms. The molecule has 30 heavy (non-hydrogen) atoms. The fraction of sp³-hybridized carbons (Fsp3) is 0.227. The molecule has 0 saturated carbocycles. The Morgan fingerprint density at radius 1 is 1.00 bits per heavy atom. The molecule has 158 valence electrons. The van der Waals surface area contributed by atoms with Gasteiger partial charge in [-0.25, -0.2) is 13.6 Å². The van der Waals surface area contributed by atoms with E-state index in [1.807, 2.05) is 6.92 Å². The second kappa shape index (κ2) is 8.69. The quantitative estimate of drug-likeness (QED) is 0.255. The van der Waals surface area contributed by atoms with Crippen molar-refractivity contribution in [2.45, 2.75) is 32.5 Å². The summed E-state index contributed by atoms with van der Waals surface area (Å²) >= 11 is 0. The lowest BCUT2D eigenvalue weighted by Crippen LogP contribution is -2.18. The summed E-state index contributed by atoms with van der Waals surface area (Å²) in [6.07, 6.45) is -2.48. The molecule has 3 aromatic carbocycles. The molecule has 0 N–H and O–H groups in total. The molecule has 0 amide bonds. The van der Waals surface area contributed by atoms with Gasteiger partial charge in [-0.3, -0.25) is 0 Å². The van der Waals surface area contributed by atoms with Gasteiger partial charge in [0.05, 0.1) is 5.56 Å². The normalized spacial score (nSPS) is 11.5. The van der Waals surface area contributed by atoms with E-state index in [4.69, 9.17) is 4.74 Å². The van der Waals surface area contributed by atoms with Crippen molar-refractivity contribution in [1.29, 1.82) is 0 Å². The fourth-order valence-corrected chi connectivity index (χ4v) is 2.94. The summed E-state index contributed by atoms with van der Waals surface area (Å²) in [5.74, 6) is -3.83. The molecule has 0 heterocycles. The van der Waals surface area contributed by atoms with Crippen LogP contribution in [0.4, 0.5) is 22.0 Å². The van der Waals surface area contributed by atoms with Gasteiger partial charge in [0.1, 0.15) is 11.6 Å². The third-order valence-electron chi connectivity index (χ3n) is 4.40. The van der Waals surface area contributed by atoms with Crippen LogP contribution in [0.15, 0.2) is 48.5 Å². The molecule has 3 aromatic rings. The molecule has 3 rings (SSSR count). The number of esters is 1. The molecule has 0 aromatic heterocycles. The number of aryl methyl sites for hydroxylation is 1. The maximum atomic E-state index is 14.3. The van der Waals surface area contributed by atoms with E-state index >= 15 is 0 Å². The minimum Gasteiger partial charge on any atom is -0.423 e. The first-order chi connectivity index (χ1) is 14.2. The van der Waals surface area contributed by atoms with E-state index in [0.29, 0.717) is 6.42 Å². The molecule has 0 spiro atoms. The lowest BCUT2D eigenvalue weighted by atomic mass is 10.1. The van der Waals surface area contributed by atoms with Crippen molar-refractivity contribution < 1.29 is 36.2 Å². The van der Waals surface area contributed by atoms with E-state index in [1.54, 1.807) is 6.07 Å². The number of carbonyl (C=O) groups is 1. The van der Waals surface area contributed by atoms with Crippen molar-refractivity contribution >= 4 is 16.7 Å². The van der Waals surface area contributed by atoms with Crippen molar-refractivity contribution in [3.05, 3.63) is 71.3 Å². The number of carbonyl (C=O) groups excluding carboxylic acids is 1. The number of benzene rings is 3. The van der Waals surface area contributed by atoms with Crippen LogP contribution in [-0.4, -0.2) is 12.3 Å². The topological polar surface area (TPSA) is 35.5 Å². The molecule has 0 saturated heterocycles. The van der Waals surface area contributed by atoms with Gasteiger partial charge in [-0.15, -0.1) is 13.2 Å². The highest BCUT2D eigenvalue weighted by molar-refractivity contribution is 5.92. The highest BCUT2D eigenvalue weighted by Gasteiger charge is 2.32. The van der Waals surface area contributed by atoms with E-state index in [2.05, 4.69) is 4.74 Å². The molecule has 3 nitrogen and oxygen atoms in total. The van der Waals surface area contributed by atoms with Crippen LogP contribution in [0.5, 0.6) is 11.5 Å². The highest BCUT2D eigenvalue weighted by atomic mass is 19.4. The summed E-state index contributed by atoms with van der Waals surface area (Å²) in [4.78, 5) is 12.3. The van der Waals surface area contributed by atoms with Crippen LogP contribution >= 0.6 is 0 Å². The predicted octanol–water partition coefficient (Wildman–Crippen LogP) is 6.58.